The first kappa shape index (κ1) is 21.2. The van der Waals surface area contributed by atoms with E-state index in [0.717, 1.165) is 0 Å². The fourth-order valence-corrected chi connectivity index (χ4v) is 4.52. The van der Waals surface area contributed by atoms with E-state index in [9.17, 15) is 23.9 Å². The smallest absolute Gasteiger partial charge is 0.335 e. The van der Waals surface area contributed by atoms with Gasteiger partial charge in [0.15, 0.2) is 0 Å². The molecule has 2 fully saturated rings. The first-order chi connectivity index (χ1) is 13.7. The van der Waals surface area contributed by atoms with Crippen LogP contribution in [0.15, 0.2) is 16.9 Å². The van der Waals surface area contributed by atoms with Crippen LogP contribution in [0, 0.1) is 10.1 Å². The summed E-state index contributed by atoms with van der Waals surface area (Å²) in [5.74, 6) is 1.67. The number of hydrogen-bond donors (Lipinski definition) is 1. The van der Waals surface area contributed by atoms with E-state index < -0.39 is 21.4 Å². The van der Waals surface area contributed by atoms with Crippen LogP contribution in [-0.2, 0) is 20.4 Å². The zero-order valence-corrected chi connectivity index (χ0v) is 17.4. The van der Waals surface area contributed by atoms with Crippen LogP contribution in [0.1, 0.15) is 20.3 Å². The fourth-order valence-electron chi connectivity index (χ4n) is 3.47. The lowest BCUT2D eigenvalue weighted by Gasteiger charge is -2.40. The van der Waals surface area contributed by atoms with Gasteiger partial charge in [-0.3, -0.25) is 23.9 Å². The number of carbonyl (C=O) groups is 2. The van der Waals surface area contributed by atoms with E-state index in [2.05, 4.69) is 10.3 Å². The normalized spacial score (nSPS) is 25.8. The minimum absolute atomic E-state index is 0.109. The zero-order chi connectivity index (χ0) is 21.2. The van der Waals surface area contributed by atoms with Crippen molar-refractivity contribution in [2.45, 2.75) is 25.9 Å². The average molecular weight is 426 g/mol. The highest BCUT2D eigenvalue weighted by molar-refractivity contribution is 7.85. The molecule has 1 atom stereocenters. The highest BCUT2D eigenvalue weighted by atomic mass is 32.2. The number of hydrogen-bond acceptors (Lipinski definition) is 9. The van der Waals surface area contributed by atoms with Crippen molar-refractivity contribution >= 4 is 28.4 Å². The van der Waals surface area contributed by atoms with Gasteiger partial charge in [-0.15, -0.1) is 0 Å². The molecule has 0 radical (unpaired) electrons. The summed E-state index contributed by atoms with van der Waals surface area (Å²) in [7, 11) is -0.852. The minimum atomic E-state index is -1.60. The van der Waals surface area contributed by atoms with Gasteiger partial charge in [0.2, 0.25) is 11.9 Å². The second-order valence-corrected chi connectivity index (χ2v) is 9.22. The Hall–Kier alpha value is -2.50. The van der Waals surface area contributed by atoms with Gasteiger partial charge in [-0.05, 0) is 6.92 Å². The number of Topliss-reactive ketones (excluding diaryl/α,β-unsaturated/α-hetero) is 1. The molecule has 0 spiro atoms. The molecule has 3 aliphatic rings. The molecular formula is C17H26N6O5S. The molecule has 0 aliphatic carbocycles. The van der Waals surface area contributed by atoms with Gasteiger partial charge < -0.3 is 20.0 Å². The summed E-state index contributed by atoms with van der Waals surface area (Å²) < 4.78 is 11.6. The summed E-state index contributed by atoms with van der Waals surface area (Å²) in [4.78, 5) is 44.3. The van der Waals surface area contributed by atoms with Crippen molar-refractivity contribution in [3.63, 3.8) is 0 Å². The van der Waals surface area contributed by atoms with Gasteiger partial charge >= 0.3 is 5.66 Å². The standard InChI is InChI=1S/C17H26N6O5S/c1-13(24)11-15(25)21-3-5-22(6-4-21)16-18-14(12-17(2,19-16)23(26)27)20-7-9-29(28)10-8-20/h12H,3-11H2,1-2H3,(H,18,19). The molecule has 0 aromatic heterocycles. The molecule has 0 bridgehead atoms. The maximum absolute atomic E-state index is 12.1. The van der Waals surface area contributed by atoms with Crippen molar-refractivity contribution in [3.8, 4) is 0 Å². The lowest BCUT2D eigenvalue weighted by molar-refractivity contribution is -0.548. The van der Waals surface area contributed by atoms with Gasteiger partial charge in [-0.2, -0.15) is 4.99 Å². The van der Waals surface area contributed by atoms with Crippen LogP contribution in [0.25, 0.3) is 0 Å². The summed E-state index contributed by atoms with van der Waals surface area (Å²) >= 11 is 0. The Kier molecular flexibility index (Phi) is 6.20. The van der Waals surface area contributed by atoms with Crippen LogP contribution in [0.5, 0.6) is 0 Å². The van der Waals surface area contributed by atoms with E-state index >= 15 is 0 Å². The van der Waals surface area contributed by atoms with Crippen molar-refractivity contribution in [2.75, 3.05) is 50.8 Å². The third-order valence-electron chi connectivity index (χ3n) is 5.20. The Morgan fingerprint density at radius 2 is 1.83 bits per heavy atom. The van der Waals surface area contributed by atoms with Crippen molar-refractivity contribution in [1.82, 2.24) is 20.0 Å². The first-order valence-corrected chi connectivity index (χ1v) is 11.0. The molecular weight excluding hydrogens is 400 g/mol. The number of nitro groups is 1. The van der Waals surface area contributed by atoms with Crippen molar-refractivity contribution in [2.24, 2.45) is 4.99 Å². The molecule has 12 heteroatoms. The van der Waals surface area contributed by atoms with E-state index in [1.165, 1.54) is 19.9 Å². The number of ketones is 1. The number of nitrogens with one attached hydrogen (secondary N) is 1. The van der Waals surface area contributed by atoms with Gasteiger partial charge in [0.25, 0.3) is 0 Å². The SMILES string of the molecule is CC(=O)CC(=O)N1CCN(C2=NC(C)([N+](=O)[O-])C=C(N3CCS(=O)CC3)N2)CC1. The van der Waals surface area contributed by atoms with Gasteiger partial charge in [0.05, 0.1) is 17.4 Å². The van der Waals surface area contributed by atoms with Gasteiger partial charge in [0, 0.05) is 68.5 Å². The monoisotopic (exact) mass is 426 g/mol. The average Bonchev–Trinajstić information content (AvgIpc) is 2.67. The molecule has 1 unspecified atom stereocenters. The highest BCUT2D eigenvalue weighted by Gasteiger charge is 2.41. The largest absolute Gasteiger partial charge is 0.356 e. The number of amides is 1. The van der Waals surface area contributed by atoms with Gasteiger partial charge in [-0.25, -0.2) is 0 Å². The first-order valence-electron chi connectivity index (χ1n) is 9.54. The molecule has 3 rings (SSSR count). The molecule has 1 N–H and O–H groups in total. The molecule has 2 saturated heterocycles. The van der Waals surface area contributed by atoms with E-state index in [4.69, 9.17) is 0 Å². The Balaban J connectivity index is 1.71. The molecule has 3 aliphatic heterocycles. The molecule has 0 aromatic rings. The second kappa shape index (κ2) is 8.47. The number of carbonyl (C=O) groups excluding carboxylic acids is 2. The Morgan fingerprint density at radius 1 is 1.21 bits per heavy atom. The minimum Gasteiger partial charge on any atom is -0.356 e. The fraction of sp³-hybridized carbons (Fsp3) is 0.706. The van der Waals surface area contributed by atoms with Crippen LogP contribution in [0.3, 0.4) is 0 Å². The Morgan fingerprint density at radius 3 is 2.38 bits per heavy atom. The predicted molar refractivity (Wildman–Crippen MR) is 107 cm³/mol. The maximum Gasteiger partial charge on any atom is 0.335 e. The maximum atomic E-state index is 12.1. The van der Waals surface area contributed by atoms with Crippen molar-refractivity contribution < 1.29 is 18.7 Å². The van der Waals surface area contributed by atoms with Crippen LogP contribution < -0.4 is 5.32 Å². The number of nitrogens with zero attached hydrogens (tertiary/aromatic N) is 5. The topological polar surface area (TPSA) is 128 Å². The van der Waals surface area contributed by atoms with Crippen molar-refractivity contribution in [3.05, 3.63) is 22.0 Å². The molecule has 29 heavy (non-hydrogen) atoms. The van der Waals surface area contributed by atoms with Gasteiger partial charge in [-0.1, -0.05) is 0 Å². The molecule has 0 aromatic carbocycles. The van der Waals surface area contributed by atoms with E-state index in [0.29, 0.717) is 62.6 Å². The summed E-state index contributed by atoms with van der Waals surface area (Å²) in [6.45, 7) is 5.70. The second-order valence-electron chi connectivity index (χ2n) is 7.52. The lowest BCUT2D eigenvalue weighted by Crippen LogP contribution is -2.57. The lowest BCUT2D eigenvalue weighted by atomic mass is 10.1. The van der Waals surface area contributed by atoms with E-state index in [-0.39, 0.29) is 18.1 Å². The number of rotatable bonds is 4. The quantitative estimate of drug-likeness (QED) is 0.343. The molecule has 3 heterocycles. The van der Waals surface area contributed by atoms with Crippen LogP contribution in [0.2, 0.25) is 0 Å². The number of guanidine groups is 1. The summed E-state index contributed by atoms with van der Waals surface area (Å²) in [5.41, 5.74) is -1.60. The summed E-state index contributed by atoms with van der Waals surface area (Å²) in [6.07, 6.45) is 1.39. The predicted octanol–water partition coefficient (Wildman–Crippen LogP) is -1.03. The number of piperazine rings is 1. The van der Waals surface area contributed by atoms with Crippen LogP contribution in [-0.4, -0.2) is 97.9 Å². The number of aliphatic imine (C=N–C) groups is 1. The highest BCUT2D eigenvalue weighted by Crippen LogP contribution is 2.23. The Bertz CT molecular complexity index is 781. The summed E-state index contributed by atoms with van der Waals surface area (Å²) in [6, 6.07) is 0. The van der Waals surface area contributed by atoms with E-state index in [1.807, 2.05) is 9.80 Å². The molecule has 1 amide bonds. The van der Waals surface area contributed by atoms with E-state index in [1.54, 1.807) is 4.90 Å². The van der Waals surface area contributed by atoms with Crippen LogP contribution in [0.4, 0.5) is 0 Å². The summed E-state index contributed by atoms with van der Waals surface area (Å²) in [5, 5.41) is 14.9. The molecule has 160 valence electrons. The van der Waals surface area contributed by atoms with Crippen molar-refractivity contribution in [1.29, 1.82) is 0 Å². The molecule has 11 nitrogen and oxygen atoms in total. The zero-order valence-electron chi connectivity index (χ0n) is 16.6. The molecule has 0 saturated carbocycles. The third-order valence-corrected chi connectivity index (χ3v) is 6.48. The van der Waals surface area contributed by atoms with Gasteiger partial charge in [0.1, 0.15) is 11.6 Å². The van der Waals surface area contributed by atoms with Crippen LogP contribution >= 0.6 is 0 Å². The Labute approximate surface area is 171 Å². The third kappa shape index (κ3) is 4.92.